The number of aliphatic hydroxyl groups is 1. The summed E-state index contributed by atoms with van der Waals surface area (Å²) in [4.78, 5) is 29.6. The normalized spacial score (nSPS) is 14.0. The Labute approximate surface area is 222 Å². The van der Waals surface area contributed by atoms with E-state index in [0.29, 0.717) is 25.1 Å². The van der Waals surface area contributed by atoms with Crippen molar-refractivity contribution in [1.82, 2.24) is 15.1 Å². The lowest BCUT2D eigenvalue weighted by molar-refractivity contribution is 0.0806. The van der Waals surface area contributed by atoms with E-state index in [9.17, 15) is 23.5 Å². The van der Waals surface area contributed by atoms with Crippen LogP contribution in [0.5, 0.6) is 0 Å². The number of aliphatic hydroxyl groups excluding tert-OH is 1. The molecular weight excluding hydrogens is 490 g/mol. The first kappa shape index (κ1) is 28.6. The molecule has 3 amide bonds. The largest absolute Gasteiger partial charge is 0.395 e. The molecule has 0 atom stereocenters. The van der Waals surface area contributed by atoms with Crippen LogP contribution in [0.4, 0.5) is 19.3 Å². The van der Waals surface area contributed by atoms with Gasteiger partial charge in [0.05, 0.1) is 6.61 Å². The number of benzene rings is 2. The van der Waals surface area contributed by atoms with Gasteiger partial charge in [0.1, 0.15) is 17.3 Å². The molecule has 202 valence electrons. The van der Waals surface area contributed by atoms with Crippen LogP contribution in [0, 0.1) is 18.6 Å². The number of hydrogen-bond donors (Lipinski definition) is 3. The highest BCUT2D eigenvalue weighted by atomic mass is 19.1. The average molecular weight is 525 g/mol. The molecular formula is C29H34F2N4O3. The number of hydrogen-bond acceptors (Lipinski definition) is 4. The Morgan fingerprint density at radius 1 is 1.13 bits per heavy atom. The lowest BCUT2D eigenvalue weighted by Crippen LogP contribution is -2.31. The molecule has 0 unspecified atom stereocenters. The number of amides is 3. The summed E-state index contributed by atoms with van der Waals surface area (Å²) in [6.45, 7) is 9.39. The SMILES string of the molecule is C=CC=CCC1=C(C)N(C(=O)c2ccc(CNC(=O)Nc3c(F)cccc3F)c(C)c2)CCCN1CCO. The topological polar surface area (TPSA) is 84.9 Å². The zero-order valence-corrected chi connectivity index (χ0v) is 21.8. The monoisotopic (exact) mass is 524 g/mol. The number of carbonyl (C=O) groups is 2. The van der Waals surface area contributed by atoms with E-state index in [1.54, 1.807) is 29.2 Å². The maximum atomic E-state index is 13.8. The van der Waals surface area contributed by atoms with E-state index in [2.05, 4.69) is 22.1 Å². The second kappa shape index (κ2) is 13.5. The Balaban J connectivity index is 1.73. The highest BCUT2D eigenvalue weighted by molar-refractivity contribution is 5.95. The molecule has 0 aromatic heterocycles. The molecule has 38 heavy (non-hydrogen) atoms. The number of urea groups is 1. The fraction of sp³-hybridized carbons (Fsp3) is 0.310. The van der Waals surface area contributed by atoms with Gasteiger partial charge < -0.3 is 25.5 Å². The minimum atomic E-state index is -0.864. The van der Waals surface area contributed by atoms with Crippen LogP contribution >= 0.6 is 0 Å². The van der Waals surface area contributed by atoms with E-state index < -0.39 is 23.4 Å². The van der Waals surface area contributed by atoms with Gasteiger partial charge in [0.15, 0.2) is 0 Å². The maximum Gasteiger partial charge on any atom is 0.319 e. The molecule has 2 aromatic rings. The molecule has 0 radical (unpaired) electrons. The lowest BCUT2D eigenvalue weighted by atomic mass is 10.0. The summed E-state index contributed by atoms with van der Waals surface area (Å²) in [5.74, 6) is -1.86. The smallest absolute Gasteiger partial charge is 0.319 e. The van der Waals surface area contributed by atoms with Crippen molar-refractivity contribution < 1.29 is 23.5 Å². The van der Waals surface area contributed by atoms with Gasteiger partial charge in [0.25, 0.3) is 5.91 Å². The highest BCUT2D eigenvalue weighted by Gasteiger charge is 2.25. The Kier molecular flexibility index (Phi) is 10.2. The second-order valence-corrected chi connectivity index (χ2v) is 8.97. The predicted octanol–water partition coefficient (Wildman–Crippen LogP) is 5.10. The van der Waals surface area contributed by atoms with Gasteiger partial charge in [-0.1, -0.05) is 36.9 Å². The first-order chi connectivity index (χ1) is 18.3. The Hall–Kier alpha value is -3.98. The molecule has 9 heteroatoms. The van der Waals surface area contributed by atoms with Gasteiger partial charge >= 0.3 is 6.03 Å². The van der Waals surface area contributed by atoms with Gasteiger partial charge in [-0.2, -0.15) is 0 Å². The van der Waals surface area contributed by atoms with Crippen molar-refractivity contribution in [2.75, 3.05) is 31.6 Å². The number of halogens is 2. The van der Waals surface area contributed by atoms with Crippen LogP contribution in [0.1, 0.15) is 41.3 Å². The van der Waals surface area contributed by atoms with E-state index in [0.717, 1.165) is 47.6 Å². The van der Waals surface area contributed by atoms with E-state index in [1.165, 1.54) is 6.07 Å². The molecule has 0 bridgehead atoms. The molecule has 0 spiro atoms. The van der Waals surface area contributed by atoms with Crippen molar-refractivity contribution in [3.05, 3.63) is 101 Å². The van der Waals surface area contributed by atoms with Crippen molar-refractivity contribution in [2.45, 2.75) is 33.2 Å². The van der Waals surface area contributed by atoms with Crippen LogP contribution in [0.15, 0.2) is 72.6 Å². The predicted molar refractivity (Wildman–Crippen MR) is 144 cm³/mol. The van der Waals surface area contributed by atoms with Gasteiger partial charge in [-0.15, -0.1) is 0 Å². The Morgan fingerprint density at radius 3 is 2.53 bits per heavy atom. The van der Waals surface area contributed by atoms with Gasteiger partial charge in [0, 0.05) is 49.6 Å². The number of allylic oxidation sites excluding steroid dienone is 4. The summed E-state index contributed by atoms with van der Waals surface area (Å²) in [7, 11) is 0. The van der Waals surface area contributed by atoms with Crippen LogP contribution in [0.3, 0.4) is 0 Å². The van der Waals surface area contributed by atoms with Crippen LogP contribution in [-0.4, -0.2) is 53.1 Å². The van der Waals surface area contributed by atoms with E-state index in [4.69, 9.17) is 0 Å². The van der Waals surface area contributed by atoms with Crippen LogP contribution in [-0.2, 0) is 6.54 Å². The van der Waals surface area contributed by atoms with Crippen molar-refractivity contribution in [3.8, 4) is 0 Å². The molecule has 1 aliphatic rings. The van der Waals surface area contributed by atoms with E-state index in [-0.39, 0.29) is 19.1 Å². The summed E-state index contributed by atoms with van der Waals surface area (Å²) in [6, 6.07) is 7.83. The highest BCUT2D eigenvalue weighted by Crippen LogP contribution is 2.25. The third kappa shape index (κ3) is 7.07. The van der Waals surface area contributed by atoms with Gasteiger partial charge in [0.2, 0.25) is 0 Å². The third-order valence-electron chi connectivity index (χ3n) is 6.44. The standard InChI is InChI=1S/C29H34F2N4O3/c1-4-5-6-11-26-21(3)35(15-8-14-34(26)16-17-36)28(37)22-12-13-23(20(2)18-22)19-32-29(38)33-27-24(30)9-7-10-25(27)31/h4-7,9-10,12-13,18,36H,1,8,11,14-17,19H2,2-3H3,(H2,32,33,38). The maximum absolute atomic E-state index is 13.8. The van der Waals surface area contributed by atoms with Crippen molar-refractivity contribution in [2.24, 2.45) is 0 Å². The number of β-amino-alcohol motifs (C(OH)–C–C–N with tert-alkyl or cyclic N) is 1. The Bertz CT molecular complexity index is 1220. The molecule has 0 aliphatic carbocycles. The van der Waals surface area contributed by atoms with Gasteiger partial charge in [-0.25, -0.2) is 13.6 Å². The number of carbonyl (C=O) groups excluding carboxylic acids is 2. The fourth-order valence-corrected chi connectivity index (χ4v) is 4.41. The second-order valence-electron chi connectivity index (χ2n) is 8.97. The van der Waals surface area contributed by atoms with E-state index >= 15 is 0 Å². The van der Waals surface area contributed by atoms with Crippen LogP contribution in [0.2, 0.25) is 0 Å². The summed E-state index contributed by atoms with van der Waals surface area (Å²) < 4.78 is 27.6. The minimum Gasteiger partial charge on any atom is -0.395 e. The summed E-state index contributed by atoms with van der Waals surface area (Å²) >= 11 is 0. The molecule has 0 saturated carbocycles. The third-order valence-corrected chi connectivity index (χ3v) is 6.44. The van der Waals surface area contributed by atoms with Crippen molar-refractivity contribution >= 4 is 17.6 Å². The summed E-state index contributed by atoms with van der Waals surface area (Å²) in [6.07, 6.45) is 6.91. The molecule has 3 N–H and O–H groups in total. The van der Waals surface area contributed by atoms with Crippen LogP contribution < -0.4 is 10.6 Å². The molecule has 0 saturated heterocycles. The number of aryl methyl sites for hydroxylation is 1. The number of nitrogens with zero attached hydrogens (tertiary/aromatic N) is 2. The average Bonchev–Trinajstić information content (AvgIpc) is 3.04. The molecule has 2 aromatic carbocycles. The zero-order valence-electron chi connectivity index (χ0n) is 21.8. The number of rotatable bonds is 9. The van der Waals surface area contributed by atoms with E-state index in [1.807, 2.05) is 26.0 Å². The number of anilines is 1. The van der Waals surface area contributed by atoms with Crippen molar-refractivity contribution in [3.63, 3.8) is 0 Å². The molecule has 7 nitrogen and oxygen atoms in total. The zero-order chi connectivity index (χ0) is 27.7. The fourth-order valence-electron chi connectivity index (χ4n) is 4.41. The van der Waals surface area contributed by atoms with Crippen molar-refractivity contribution in [1.29, 1.82) is 0 Å². The summed E-state index contributed by atoms with van der Waals surface area (Å²) in [5.41, 5.74) is 3.38. The number of para-hydroxylation sites is 1. The molecule has 1 heterocycles. The first-order valence-electron chi connectivity index (χ1n) is 12.5. The first-order valence-corrected chi connectivity index (χ1v) is 12.5. The lowest BCUT2D eigenvalue weighted by Gasteiger charge is -2.28. The summed E-state index contributed by atoms with van der Waals surface area (Å²) in [5, 5.41) is 14.3. The Morgan fingerprint density at radius 2 is 1.87 bits per heavy atom. The van der Waals surface area contributed by atoms with Crippen LogP contribution in [0.25, 0.3) is 0 Å². The molecule has 1 aliphatic heterocycles. The van der Waals surface area contributed by atoms with Gasteiger partial charge in [-0.05, 0) is 55.7 Å². The van der Waals surface area contributed by atoms with Gasteiger partial charge in [-0.3, -0.25) is 4.79 Å². The molecule has 0 fully saturated rings. The number of nitrogens with one attached hydrogen (secondary N) is 2. The minimum absolute atomic E-state index is 0.0256. The molecule has 3 rings (SSSR count). The quantitative estimate of drug-likeness (QED) is 0.399.